The van der Waals surface area contributed by atoms with Crippen molar-refractivity contribution < 1.29 is 22.3 Å². The summed E-state index contributed by atoms with van der Waals surface area (Å²) in [7, 11) is -1.60. The maximum Gasteiger partial charge on any atom is 0.495 e. The lowest BCUT2D eigenvalue weighted by atomic mass is 9.78. The van der Waals surface area contributed by atoms with Gasteiger partial charge < -0.3 is 9.31 Å². The van der Waals surface area contributed by atoms with Gasteiger partial charge in [-0.25, -0.2) is 8.78 Å². The van der Waals surface area contributed by atoms with Crippen LogP contribution in [0.15, 0.2) is 12.1 Å². The Bertz CT molecular complexity index is 649. The van der Waals surface area contributed by atoms with E-state index in [9.17, 15) is 13.0 Å². The normalized spacial score (nSPS) is 24.0. The molecule has 0 bridgehead atoms. The maximum atomic E-state index is 14.5. The van der Waals surface area contributed by atoms with E-state index in [4.69, 9.17) is 9.31 Å². The Balaban J connectivity index is 1.78. The molecule has 2 aliphatic heterocycles. The fraction of sp³-hybridized carbons (Fsp3) is 0.647. The number of benzene rings is 1. The molecule has 25 heavy (non-hydrogen) atoms. The van der Waals surface area contributed by atoms with Crippen LogP contribution in [0.4, 0.5) is 8.78 Å². The van der Waals surface area contributed by atoms with Crippen LogP contribution >= 0.6 is 0 Å². The third-order valence-corrected chi connectivity index (χ3v) is 6.62. The fourth-order valence-corrected chi connectivity index (χ4v) is 4.07. The molecule has 0 atom stereocenters. The van der Waals surface area contributed by atoms with Gasteiger partial charge in [-0.3, -0.25) is 9.11 Å². The molecule has 138 valence electrons. The zero-order chi connectivity index (χ0) is 18.4. The zero-order valence-electron chi connectivity index (χ0n) is 15.1. The second kappa shape index (κ2) is 6.72. The van der Waals surface area contributed by atoms with E-state index in [0.717, 1.165) is 0 Å². The third kappa shape index (κ3) is 3.82. The Hall–Kier alpha value is -0.825. The van der Waals surface area contributed by atoms with Crippen molar-refractivity contribution in [2.24, 2.45) is 0 Å². The average molecular weight is 371 g/mol. The molecule has 0 unspecified atom stereocenters. The van der Waals surface area contributed by atoms with Gasteiger partial charge >= 0.3 is 7.12 Å². The SMILES string of the molecule is CC1(C)OB(c2cc(F)c(CN3CCS(=O)CC3)c(F)c2)OC1(C)C. The molecule has 8 heteroatoms. The lowest BCUT2D eigenvalue weighted by Gasteiger charge is -2.32. The summed E-state index contributed by atoms with van der Waals surface area (Å²) in [5, 5.41) is 0. The first-order valence-corrected chi connectivity index (χ1v) is 9.99. The first-order chi connectivity index (χ1) is 11.6. The summed E-state index contributed by atoms with van der Waals surface area (Å²) in [6.07, 6.45) is 0. The van der Waals surface area contributed by atoms with Crippen LogP contribution in [-0.2, 0) is 26.7 Å². The summed E-state index contributed by atoms with van der Waals surface area (Å²) >= 11 is 0. The summed E-state index contributed by atoms with van der Waals surface area (Å²) in [4.78, 5) is 1.93. The Morgan fingerprint density at radius 1 is 1.08 bits per heavy atom. The van der Waals surface area contributed by atoms with E-state index in [1.807, 2.05) is 32.6 Å². The predicted molar refractivity (Wildman–Crippen MR) is 95.2 cm³/mol. The highest BCUT2D eigenvalue weighted by molar-refractivity contribution is 7.85. The molecule has 1 aromatic rings. The average Bonchev–Trinajstić information content (AvgIpc) is 2.73. The minimum Gasteiger partial charge on any atom is -0.399 e. The summed E-state index contributed by atoms with van der Waals surface area (Å²) in [5.74, 6) is -0.0994. The smallest absolute Gasteiger partial charge is 0.399 e. The van der Waals surface area contributed by atoms with Crippen molar-refractivity contribution in [3.63, 3.8) is 0 Å². The van der Waals surface area contributed by atoms with Crippen LogP contribution in [0.1, 0.15) is 33.3 Å². The molecule has 0 spiro atoms. The van der Waals surface area contributed by atoms with E-state index < -0.39 is 40.8 Å². The third-order valence-electron chi connectivity index (χ3n) is 5.34. The van der Waals surface area contributed by atoms with Crippen LogP contribution in [-0.4, -0.2) is 52.0 Å². The molecule has 0 aliphatic carbocycles. The molecule has 0 aromatic heterocycles. The zero-order valence-corrected chi connectivity index (χ0v) is 15.9. The second-order valence-electron chi connectivity index (χ2n) is 7.68. The summed E-state index contributed by atoms with van der Waals surface area (Å²) < 4.78 is 52.2. The molecule has 2 aliphatic rings. The number of halogens is 2. The van der Waals surface area contributed by atoms with Gasteiger partial charge in [-0.15, -0.1) is 0 Å². The van der Waals surface area contributed by atoms with Crippen molar-refractivity contribution in [3.8, 4) is 0 Å². The molecule has 0 N–H and O–H groups in total. The van der Waals surface area contributed by atoms with E-state index in [1.165, 1.54) is 12.1 Å². The summed E-state index contributed by atoms with van der Waals surface area (Å²) in [6, 6.07) is 2.59. The van der Waals surface area contributed by atoms with Crippen LogP contribution in [0.25, 0.3) is 0 Å². The highest BCUT2D eigenvalue weighted by Crippen LogP contribution is 2.36. The Morgan fingerprint density at radius 2 is 1.56 bits per heavy atom. The fourth-order valence-electron chi connectivity index (χ4n) is 2.95. The molecule has 2 fully saturated rings. The maximum absolute atomic E-state index is 14.5. The molecule has 2 saturated heterocycles. The van der Waals surface area contributed by atoms with Crippen molar-refractivity contribution >= 4 is 23.4 Å². The van der Waals surface area contributed by atoms with Gasteiger partial charge in [-0.05, 0) is 45.3 Å². The van der Waals surface area contributed by atoms with Gasteiger partial charge in [0.05, 0.1) is 11.2 Å². The number of nitrogens with zero attached hydrogens (tertiary/aromatic N) is 1. The van der Waals surface area contributed by atoms with Crippen LogP contribution in [0.3, 0.4) is 0 Å². The molecular formula is C17H24BF2NO3S. The van der Waals surface area contributed by atoms with Crippen LogP contribution in [0.5, 0.6) is 0 Å². The first kappa shape index (κ1) is 19.0. The lowest BCUT2D eigenvalue weighted by Crippen LogP contribution is -2.41. The van der Waals surface area contributed by atoms with Gasteiger partial charge in [0.25, 0.3) is 0 Å². The van der Waals surface area contributed by atoms with E-state index in [1.54, 1.807) is 0 Å². The molecule has 3 rings (SSSR count). The topological polar surface area (TPSA) is 38.8 Å². The molecule has 1 aromatic carbocycles. The molecule has 2 heterocycles. The monoisotopic (exact) mass is 371 g/mol. The van der Waals surface area contributed by atoms with E-state index in [2.05, 4.69) is 0 Å². The standard InChI is InChI=1S/C17H24BF2NO3S/c1-16(2)17(3,4)24-18(23-16)12-9-14(19)13(15(20)10-12)11-21-5-7-25(22)8-6-21/h9-10H,5-8,11H2,1-4H3. The highest BCUT2D eigenvalue weighted by atomic mass is 32.2. The lowest BCUT2D eigenvalue weighted by molar-refractivity contribution is 0.00578. The number of hydrogen-bond donors (Lipinski definition) is 0. The van der Waals surface area contributed by atoms with Crippen molar-refractivity contribution in [1.82, 2.24) is 4.90 Å². The van der Waals surface area contributed by atoms with Gasteiger partial charge in [-0.1, -0.05) is 0 Å². The number of rotatable bonds is 3. The van der Waals surface area contributed by atoms with Gasteiger partial charge in [0.15, 0.2) is 0 Å². The van der Waals surface area contributed by atoms with Gasteiger partial charge in [0.1, 0.15) is 11.6 Å². The Labute approximate surface area is 150 Å². The number of hydrogen-bond acceptors (Lipinski definition) is 4. The van der Waals surface area contributed by atoms with Gasteiger partial charge in [0.2, 0.25) is 0 Å². The summed E-state index contributed by atoms with van der Waals surface area (Å²) in [6.45, 7) is 8.94. The van der Waals surface area contributed by atoms with Crippen molar-refractivity contribution in [1.29, 1.82) is 0 Å². The van der Waals surface area contributed by atoms with Crippen molar-refractivity contribution in [2.45, 2.75) is 45.4 Å². The molecule has 0 radical (unpaired) electrons. The van der Waals surface area contributed by atoms with Crippen LogP contribution in [0.2, 0.25) is 0 Å². The van der Waals surface area contributed by atoms with Crippen molar-refractivity contribution in [3.05, 3.63) is 29.3 Å². The predicted octanol–water partition coefficient (Wildman–Crippen LogP) is 1.83. The molecule has 0 saturated carbocycles. The molecule has 0 amide bonds. The minimum atomic E-state index is -0.812. The Morgan fingerprint density at radius 3 is 2.04 bits per heavy atom. The minimum absolute atomic E-state index is 0.0351. The van der Waals surface area contributed by atoms with E-state index in [-0.39, 0.29) is 12.1 Å². The quantitative estimate of drug-likeness (QED) is 0.760. The summed E-state index contributed by atoms with van der Waals surface area (Å²) in [5.41, 5.74) is -0.746. The van der Waals surface area contributed by atoms with Gasteiger partial charge in [0, 0.05) is 47.5 Å². The van der Waals surface area contributed by atoms with Crippen LogP contribution in [0, 0.1) is 11.6 Å². The molecule has 4 nitrogen and oxygen atoms in total. The van der Waals surface area contributed by atoms with E-state index in [0.29, 0.717) is 30.1 Å². The highest BCUT2D eigenvalue weighted by Gasteiger charge is 2.52. The van der Waals surface area contributed by atoms with Gasteiger partial charge in [-0.2, -0.15) is 0 Å². The first-order valence-electron chi connectivity index (χ1n) is 8.50. The van der Waals surface area contributed by atoms with Crippen LogP contribution < -0.4 is 5.46 Å². The largest absolute Gasteiger partial charge is 0.495 e. The second-order valence-corrected chi connectivity index (χ2v) is 9.37. The Kier molecular flexibility index (Phi) is 5.10. The molecular weight excluding hydrogens is 347 g/mol. The van der Waals surface area contributed by atoms with E-state index >= 15 is 0 Å². The van der Waals surface area contributed by atoms with Crippen molar-refractivity contribution in [2.75, 3.05) is 24.6 Å².